The number of nitrogens with zero attached hydrogens (tertiary/aromatic N) is 3. The minimum absolute atomic E-state index is 0.856. The maximum Gasteiger partial charge on any atom is 0.169 e. The molecule has 4 aromatic rings. The zero-order valence-electron chi connectivity index (χ0n) is 16.2. The number of benzene rings is 1. The first-order chi connectivity index (χ1) is 14.3. The van der Waals surface area contributed by atoms with Gasteiger partial charge in [0, 0.05) is 47.6 Å². The summed E-state index contributed by atoms with van der Waals surface area (Å²) >= 11 is 3.55. The largest absolute Gasteiger partial charge is 0.497 e. The van der Waals surface area contributed by atoms with E-state index in [1.807, 2.05) is 35.7 Å². The average molecular weight is 420 g/mol. The molecule has 0 aliphatic carbocycles. The summed E-state index contributed by atoms with van der Waals surface area (Å²) in [4.78, 5) is 15.7. The van der Waals surface area contributed by atoms with Gasteiger partial charge in [0.25, 0.3) is 0 Å². The third kappa shape index (κ3) is 3.96. The van der Waals surface area contributed by atoms with Crippen LogP contribution in [0.4, 0.5) is 0 Å². The van der Waals surface area contributed by atoms with E-state index in [0.29, 0.717) is 0 Å². The molecule has 0 radical (unpaired) electrons. The van der Waals surface area contributed by atoms with E-state index in [1.165, 1.54) is 26.6 Å². The Kier molecular flexibility index (Phi) is 5.14. The van der Waals surface area contributed by atoms with Gasteiger partial charge in [0.2, 0.25) is 0 Å². The molecular weight excluding hydrogens is 398 g/mol. The molecule has 1 aliphatic rings. The molecule has 0 spiro atoms. The minimum atomic E-state index is 0.856. The van der Waals surface area contributed by atoms with Gasteiger partial charge in [-0.1, -0.05) is 6.07 Å². The summed E-state index contributed by atoms with van der Waals surface area (Å²) in [5.41, 5.74) is 3.69. The van der Waals surface area contributed by atoms with Crippen LogP contribution in [0.1, 0.15) is 16.1 Å². The highest BCUT2D eigenvalue weighted by Gasteiger charge is 2.19. The smallest absolute Gasteiger partial charge is 0.169 e. The monoisotopic (exact) mass is 419 g/mol. The molecule has 1 aliphatic heterocycles. The topological polar surface area (TPSA) is 38.2 Å². The highest BCUT2D eigenvalue weighted by molar-refractivity contribution is 7.15. The van der Waals surface area contributed by atoms with Crippen LogP contribution in [0.2, 0.25) is 0 Å². The van der Waals surface area contributed by atoms with Crippen molar-refractivity contribution in [2.75, 3.05) is 13.7 Å². The van der Waals surface area contributed by atoms with E-state index in [4.69, 9.17) is 9.72 Å². The van der Waals surface area contributed by atoms with Crippen molar-refractivity contribution in [3.63, 3.8) is 0 Å². The highest BCUT2D eigenvalue weighted by Crippen LogP contribution is 2.31. The van der Waals surface area contributed by atoms with Crippen LogP contribution >= 0.6 is 22.7 Å². The van der Waals surface area contributed by atoms with Gasteiger partial charge in [-0.3, -0.25) is 4.90 Å². The molecule has 4 nitrogen and oxygen atoms in total. The summed E-state index contributed by atoms with van der Waals surface area (Å²) in [5, 5.41) is 2.07. The van der Waals surface area contributed by atoms with Gasteiger partial charge in [0.05, 0.1) is 17.7 Å². The van der Waals surface area contributed by atoms with Crippen LogP contribution < -0.4 is 4.74 Å². The highest BCUT2D eigenvalue weighted by atomic mass is 32.1. The predicted molar refractivity (Wildman–Crippen MR) is 119 cm³/mol. The summed E-state index contributed by atoms with van der Waals surface area (Å²) in [7, 11) is 1.70. The lowest BCUT2D eigenvalue weighted by Gasteiger charge is -2.27. The second-order valence-corrected chi connectivity index (χ2v) is 9.21. The zero-order valence-corrected chi connectivity index (χ0v) is 17.8. The zero-order chi connectivity index (χ0) is 19.6. The van der Waals surface area contributed by atoms with Crippen molar-refractivity contribution in [3.05, 3.63) is 76.2 Å². The lowest BCUT2D eigenvalue weighted by Crippen LogP contribution is -2.30. The second-order valence-electron chi connectivity index (χ2n) is 7.10. The van der Waals surface area contributed by atoms with E-state index in [9.17, 15) is 0 Å². The van der Waals surface area contributed by atoms with Crippen molar-refractivity contribution in [2.24, 2.45) is 0 Å². The predicted octanol–water partition coefficient (Wildman–Crippen LogP) is 5.50. The molecule has 0 saturated carbocycles. The molecule has 0 atom stereocenters. The first-order valence-electron chi connectivity index (χ1n) is 9.62. The van der Waals surface area contributed by atoms with Crippen LogP contribution in [0.5, 0.6) is 5.75 Å². The molecular formula is C23H21N3OS2. The summed E-state index contributed by atoms with van der Waals surface area (Å²) in [5.74, 6) is 1.75. The van der Waals surface area contributed by atoms with Gasteiger partial charge in [-0.05, 0) is 53.4 Å². The molecule has 146 valence electrons. The van der Waals surface area contributed by atoms with Crippen molar-refractivity contribution in [1.29, 1.82) is 0 Å². The van der Waals surface area contributed by atoms with Crippen molar-refractivity contribution in [3.8, 4) is 26.9 Å². The molecule has 4 heterocycles. The fourth-order valence-corrected chi connectivity index (χ4v) is 5.35. The van der Waals surface area contributed by atoms with Gasteiger partial charge < -0.3 is 4.74 Å². The van der Waals surface area contributed by atoms with Crippen molar-refractivity contribution >= 4 is 22.7 Å². The van der Waals surface area contributed by atoms with Gasteiger partial charge in [0.15, 0.2) is 5.82 Å². The number of ether oxygens (including phenoxy) is 1. The van der Waals surface area contributed by atoms with E-state index in [2.05, 4.69) is 45.6 Å². The first kappa shape index (κ1) is 18.5. The Balaban J connectivity index is 1.27. The van der Waals surface area contributed by atoms with Crippen LogP contribution in [0, 0.1) is 0 Å². The van der Waals surface area contributed by atoms with E-state index in [-0.39, 0.29) is 0 Å². The number of thiophene rings is 2. The Labute approximate surface area is 178 Å². The molecule has 5 rings (SSSR count). The fraction of sp³-hybridized carbons (Fsp3) is 0.217. The number of methoxy groups -OCH3 is 1. The van der Waals surface area contributed by atoms with Crippen molar-refractivity contribution in [2.45, 2.75) is 19.5 Å². The Bertz CT molecular complexity index is 1100. The Morgan fingerprint density at radius 1 is 1.07 bits per heavy atom. The molecule has 6 heteroatoms. The number of hydrogen-bond donors (Lipinski definition) is 0. The van der Waals surface area contributed by atoms with Crippen molar-refractivity contribution in [1.82, 2.24) is 14.9 Å². The maximum absolute atomic E-state index is 5.25. The van der Waals surface area contributed by atoms with Gasteiger partial charge in [-0.25, -0.2) is 9.97 Å². The van der Waals surface area contributed by atoms with E-state index < -0.39 is 0 Å². The molecule has 0 amide bonds. The minimum Gasteiger partial charge on any atom is -0.497 e. The number of fused-ring (bicyclic) bond motifs is 1. The molecule has 1 aromatic carbocycles. The SMILES string of the molecule is COc1ccc(-c2ccc(CN3CCc4nc(-c5cccs5)ncc4C3)s2)cc1. The van der Waals surface area contributed by atoms with Gasteiger partial charge >= 0.3 is 0 Å². The Morgan fingerprint density at radius 3 is 2.76 bits per heavy atom. The number of hydrogen-bond acceptors (Lipinski definition) is 6. The van der Waals surface area contributed by atoms with Crippen molar-refractivity contribution < 1.29 is 4.74 Å². The van der Waals surface area contributed by atoms with Crippen LogP contribution in [0.3, 0.4) is 0 Å². The molecule has 29 heavy (non-hydrogen) atoms. The van der Waals surface area contributed by atoms with Crippen LogP contribution in [-0.2, 0) is 19.5 Å². The molecule has 0 N–H and O–H groups in total. The van der Waals surface area contributed by atoms with E-state index >= 15 is 0 Å². The summed E-state index contributed by atoms with van der Waals surface area (Å²) in [6.07, 6.45) is 2.99. The lowest BCUT2D eigenvalue weighted by molar-refractivity contribution is 0.245. The van der Waals surface area contributed by atoms with Crippen LogP contribution in [-0.4, -0.2) is 28.5 Å². The molecule has 3 aromatic heterocycles. The second kappa shape index (κ2) is 8.06. The number of aromatic nitrogens is 2. The van der Waals surface area contributed by atoms with Gasteiger partial charge in [-0.15, -0.1) is 22.7 Å². The van der Waals surface area contributed by atoms with Crippen LogP contribution in [0.25, 0.3) is 21.1 Å². The van der Waals surface area contributed by atoms with Gasteiger partial charge in [0.1, 0.15) is 5.75 Å². The third-order valence-corrected chi connectivity index (χ3v) is 7.16. The average Bonchev–Trinajstić information content (AvgIpc) is 3.46. The Morgan fingerprint density at radius 2 is 1.97 bits per heavy atom. The maximum atomic E-state index is 5.25. The summed E-state index contributed by atoms with van der Waals surface area (Å²) < 4.78 is 5.25. The molecule has 0 bridgehead atoms. The fourth-order valence-electron chi connectivity index (χ4n) is 3.63. The normalized spacial score (nSPS) is 14.0. The summed E-state index contributed by atoms with van der Waals surface area (Å²) in [6.45, 7) is 2.91. The summed E-state index contributed by atoms with van der Waals surface area (Å²) in [6, 6.07) is 16.9. The molecule has 0 saturated heterocycles. The van der Waals surface area contributed by atoms with E-state index in [1.54, 1.807) is 18.4 Å². The first-order valence-corrected chi connectivity index (χ1v) is 11.3. The van der Waals surface area contributed by atoms with Crippen LogP contribution in [0.15, 0.2) is 60.1 Å². The quantitative estimate of drug-likeness (QED) is 0.428. The lowest BCUT2D eigenvalue weighted by atomic mass is 10.1. The molecule has 0 unspecified atom stereocenters. The standard InChI is InChI=1S/C23H21N3OS2/c1-27-18-6-4-16(5-7-18)21-9-8-19(29-21)15-26-11-10-20-17(14-26)13-24-23(25-20)22-3-2-12-28-22/h2-9,12-13H,10-11,14-15H2,1H3. The Hall–Kier alpha value is -2.54. The molecule has 0 fully saturated rings. The number of rotatable bonds is 5. The van der Waals surface area contributed by atoms with Gasteiger partial charge in [-0.2, -0.15) is 0 Å². The third-order valence-electron chi connectivity index (χ3n) is 5.17. The van der Waals surface area contributed by atoms with E-state index in [0.717, 1.165) is 42.5 Å².